The summed E-state index contributed by atoms with van der Waals surface area (Å²) in [5, 5.41) is 5.56. The van der Waals surface area contributed by atoms with Gasteiger partial charge < -0.3 is 19.7 Å². The number of nitrogens with zero attached hydrogens (tertiary/aromatic N) is 2. The zero-order valence-electron chi connectivity index (χ0n) is 18.9. The molecule has 1 atom stereocenters. The zero-order valence-corrected chi connectivity index (χ0v) is 19.7. The maximum atomic E-state index is 12.9. The minimum Gasteiger partial charge on any atom is -0.497 e. The van der Waals surface area contributed by atoms with Gasteiger partial charge in [-0.2, -0.15) is 0 Å². The highest BCUT2D eigenvalue weighted by Gasteiger charge is 2.41. The number of nitrogens with one attached hydrogen (secondary N) is 1. The quantitative estimate of drug-likeness (QED) is 0.621. The van der Waals surface area contributed by atoms with Crippen LogP contribution in [0.3, 0.4) is 0 Å². The predicted molar refractivity (Wildman–Crippen MR) is 130 cm³/mol. The molecule has 2 aliphatic heterocycles. The third-order valence-corrected chi connectivity index (χ3v) is 6.38. The van der Waals surface area contributed by atoms with E-state index in [1.54, 1.807) is 14.0 Å². The number of anilines is 1. The van der Waals surface area contributed by atoms with E-state index in [4.69, 9.17) is 9.47 Å². The van der Waals surface area contributed by atoms with Gasteiger partial charge in [0.05, 0.1) is 38.0 Å². The van der Waals surface area contributed by atoms with Crippen molar-refractivity contribution in [3.8, 4) is 5.75 Å². The van der Waals surface area contributed by atoms with Gasteiger partial charge in [-0.1, -0.05) is 41.6 Å². The number of esters is 1. The maximum Gasteiger partial charge on any atom is 0.338 e. The molecule has 0 saturated heterocycles. The molecule has 0 aliphatic carbocycles. The third kappa shape index (κ3) is 4.66. The minimum atomic E-state index is -0.492. The van der Waals surface area contributed by atoms with E-state index in [9.17, 15) is 9.59 Å². The van der Waals surface area contributed by atoms with Crippen LogP contribution in [0.4, 0.5) is 5.69 Å². The number of benzene rings is 2. The number of carbonyl (C=O) groups excluding carboxylic acids is 2. The summed E-state index contributed by atoms with van der Waals surface area (Å²) in [4.78, 5) is 32.2. The Labute approximate surface area is 197 Å². The van der Waals surface area contributed by atoms with E-state index in [-0.39, 0.29) is 12.3 Å². The van der Waals surface area contributed by atoms with Crippen molar-refractivity contribution in [3.63, 3.8) is 0 Å². The van der Waals surface area contributed by atoms with Crippen LogP contribution < -0.4 is 10.1 Å². The van der Waals surface area contributed by atoms with E-state index in [1.165, 1.54) is 18.9 Å². The Morgan fingerprint density at radius 2 is 1.88 bits per heavy atom. The highest BCUT2D eigenvalue weighted by molar-refractivity contribution is 8.16. The van der Waals surface area contributed by atoms with Gasteiger partial charge >= 0.3 is 5.97 Å². The van der Waals surface area contributed by atoms with Crippen LogP contribution in [0.15, 0.2) is 75.9 Å². The second kappa shape index (κ2) is 9.54. The smallest absolute Gasteiger partial charge is 0.338 e. The molecule has 0 radical (unpaired) electrons. The van der Waals surface area contributed by atoms with Crippen molar-refractivity contribution in [2.24, 2.45) is 4.99 Å². The highest BCUT2D eigenvalue weighted by Crippen LogP contribution is 2.45. The normalized spacial score (nSPS) is 17.2. The molecular formula is C25H25N3O4S. The van der Waals surface area contributed by atoms with Crippen LogP contribution in [0, 0.1) is 6.92 Å². The number of hydrogen-bond donors (Lipinski definition) is 1. The standard InChI is InChI=1S/C25H25N3O4S/c1-15-8-10-18(11-9-15)27-21(29)13-19-14-33-25-26-16(2)22(24(30)32-4)23(28(19)25)17-6-5-7-20(12-17)31-3/h5-12,14,23H,13H2,1-4H3,(H,27,29)/t23-/m1/s1. The molecule has 7 nitrogen and oxygen atoms in total. The molecule has 170 valence electrons. The fourth-order valence-corrected chi connectivity index (χ4v) is 4.84. The van der Waals surface area contributed by atoms with Gasteiger partial charge in [0.25, 0.3) is 0 Å². The van der Waals surface area contributed by atoms with Crippen molar-refractivity contribution in [2.75, 3.05) is 19.5 Å². The van der Waals surface area contributed by atoms with Gasteiger partial charge in [0.1, 0.15) is 5.75 Å². The lowest BCUT2D eigenvalue weighted by Gasteiger charge is -2.36. The van der Waals surface area contributed by atoms with Crippen LogP contribution in [0.25, 0.3) is 0 Å². The number of amides is 1. The molecule has 8 heteroatoms. The molecular weight excluding hydrogens is 438 g/mol. The summed E-state index contributed by atoms with van der Waals surface area (Å²) in [5.41, 5.74) is 4.48. The monoisotopic (exact) mass is 463 g/mol. The molecule has 1 amide bonds. The fourth-order valence-electron chi connectivity index (χ4n) is 3.87. The number of ether oxygens (including phenoxy) is 2. The lowest BCUT2D eigenvalue weighted by atomic mass is 9.93. The second-order valence-corrected chi connectivity index (χ2v) is 8.59. The molecule has 2 aliphatic rings. The predicted octanol–water partition coefficient (Wildman–Crippen LogP) is 4.78. The number of methoxy groups -OCH3 is 2. The summed E-state index contributed by atoms with van der Waals surface area (Å²) in [6.07, 6.45) is 0.133. The Morgan fingerprint density at radius 1 is 1.12 bits per heavy atom. The number of hydrogen-bond acceptors (Lipinski definition) is 7. The summed E-state index contributed by atoms with van der Waals surface area (Å²) < 4.78 is 10.5. The first-order valence-electron chi connectivity index (χ1n) is 10.4. The van der Waals surface area contributed by atoms with E-state index >= 15 is 0 Å². The first-order chi connectivity index (χ1) is 15.9. The van der Waals surface area contributed by atoms with Crippen LogP contribution in [-0.4, -0.2) is 36.2 Å². The number of carbonyl (C=O) groups is 2. The Balaban J connectivity index is 1.67. The second-order valence-electron chi connectivity index (χ2n) is 7.75. The molecule has 0 bridgehead atoms. The van der Waals surface area contributed by atoms with E-state index in [2.05, 4.69) is 10.3 Å². The molecule has 4 rings (SSSR count). The highest BCUT2D eigenvalue weighted by atomic mass is 32.2. The number of allylic oxidation sites excluding steroid dienone is 1. The number of aryl methyl sites for hydroxylation is 1. The lowest BCUT2D eigenvalue weighted by Crippen LogP contribution is -2.37. The third-order valence-electron chi connectivity index (χ3n) is 5.49. The Kier molecular flexibility index (Phi) is 6.55. The molecule has 2 aromatic carbocycles. The Bertz CT molecular complexity index is 1180. The van der Waals surface area contributed by atoms with Gasteiger partial charge in [0.15, 0.2) is 5.17 Å². The molecule has 1 N–H and O–H groups in total. The fraction of sp³-hybridized carbons (Fsp3) is 0.240. The average molecular weight is 464 g/mol. The van der Waals surface area contributed by atoms with Crippen molar-refractivity contribution in [1.29, 1.82) is 0 Å². The summed E-state index contributed by atoms with van der Waals surface area (Å²) in [6.45, 7) is 3.79. The van der Waals surface area contributed by atoms with Gasteiger partial charge in [-0.3, -0.25) is 4.79 Å². The van der Waals surface area contributed by atoms with Gasteiger partial charge in [-0.05, 0) is 49.1 Å². The molecule has 33 heavy (non-hydrogen) atoms. The van der Waals surface area contributed by atoms with Crippen LogP contribution in [0.5, 0.6) is 5.75 Å². The maximum absolute atomic E-state index is 12.9. The summed E-state index contributed by atoms with van der Waals surface area (Å²) in [5.74, 6) is 0.0682. The zero-order chi connectivity index (χ0) is 23.5. The number of amidine groups is 1. The minimum absolute atomic E-state index is 0.133. The van der Waals surface area contributed by atoms with Crippen molar-refractivity contribution in [1.82, 2.24) is 4.90 Å². The Hall–Kier alpha value is -3.52. The molecule has 0 fully saturated rings. The van der Waals surface area contributed by atoms with Crippen LogP contribution in [0.1, 0.15) is 30.5 Å². The molecule has 0 saturated carbocycles. The van der Waals surface area contributed by atoms with E-state index in [0.29, 0.717) is 22.2 Å². The summed E-state index contributed by atoms with van der Waals surface area (Å²) in [7, 11) is 2.95. The van der Waals surface area contributed by atoms with Gasteiger partial charge in [0.2, 0.25) is 5.91 Å². The van der Waals surface area contributed by atoms with E-state index in [1.807, 2.05) is 65.8 Å². The van der Waals surface area contributed by atoms with Crippen molar-refractivity contribution in [3.05, 3.63) is 82.0 Å². The van der Waals surface area contributed by atoms with Crippen LogP contribution in [-0.2, 0) is 14.3 Å². The number of rotatable bonds is 6. The SMILES string of the molecule is COC(=O)C1=C(C)N=C2SC=C(CC(=O)Nc3ccc(C)cc3)N2[C@@H]1c1cccc(OC)c1. The molecule has 2 heterocycles. The van der Waals surface area contributed by atoms with Crippen molar-refractivity contribution < 1.29 is 19.1 Å². The van der Waals surface area contributed by atoms with Crippen molar-refractivity contribution >= 4 is 34.5 Å². The average Bonchev–Trinajstić information content (AvgIpc) is 3.20. The number of aliphatic imine (C=N–C) groups is 1. The van der Waals surface area contributed by atoms with Crippen LogP contribution in [0.2, 0.25) is 0 Å². The van der Waals surface area contributed by atoms with Crippen molar-refractivity contribution in [2.45, 2.75) is 26.3 Å². The number of fused-ring (bicyclic) bond motifs is 1. The van der Waals surface area contributed by atoms with Crippen LogP contribution >= 0.6 is 11.8 Å². The summed E-state index contributed by atoms with van der Waals surface area (Å²) >= 11 is 1.43. The molecule has 0 aromatic heterocycles. The molecule has 2 aromatic rings. The topological polar surface area (TPSA) is 80.2 Å². The first-order valence-corrected chi connectivity index (χ1v) is 11.3. The van der Waals surface area contributed by atoms with Gasteiger partial charge in [-0.25, -0.2) is 9.79 Å². The van der Waals surface area contributed by atoms with Gasteiger partial charge in [0, 0.05) is 11.4 Å². The molecule has 0 spiro atoms. The largest absolute Gasteiger partial charge is 0.497 e. The van der Waals surface area contributed by atoms with Gasteiger partial charge in [-0.15, -0.1) is 0 Å². The number of thioether (sulfide) groups is 1. The van der Waals surface area contributed by atoms with E-state index < -0.39 is 12.0 Å². The molecule has 0 unspecified atom stereocenters. The summed E-state index contributed by atoms with van der Waals surface area (Å²) in [6, 6.07) is 14.7. The lowest BCUT2D eigenvalue weighted by molar-refractivity contribution is -0.136. The van der Waals surface area contributed by atoms with E-state index in [0.717, 1.165) is 22.5 Å². The Morgan fingerprint density at radius 3 is 2.58 bits per heavy atom. The first kappa shape index (κ1) is 22.7.